The van der Waals surface area contributed by atoms with E-state index in [1.54, 1.807) is 6.92 Å². The van der Waals surface area contributed by atoms with E-state index < -0.39 is 12.2 Å². The monoisotopic (exact) mass is 242 g/mol. The lowest BCUT2D eigenvalue weighted by Gasteiger charge is -2.19. The molecule has 1 aromatic rings. The lowest BCUT2D eigenvalue weighted by Crippen LogP contribution is -2.24. The van der Waals surface area contributed by atoms with Gasteiger partial charge in [-0.05, 0) is 43.4 Å². The summed E-state index contributed by atoms with van der Waals surface area (Å²) in [6, 6.07) is 5.87. The van der Waals surface area contributed by atoms with E-state index in [-0.39, 0.29) is 5.92 Å². The molecule has 0 aliphatic rings. The van der Waals surface area contributed by atoms with Crippen molar-refractivity contribution in [3.63, 3.8) is 0 Å². The van der Waals surface area contributed by atoms with E-state index in [0.717, 1.165) is 16.1 Å². The van der Waals surface area contributed by atoms with Crippen LogP contribution in [0.3, 0.4) is 0 Å². The van der Waals surface area contributed by atoms with Gasteiger partial charge >= 0.3 is 0 Å². The van der Waals surface area contributed by atoms with Crippen molar-refractivity contribution in [1.82, 2.24) is 0 Å². The van der Waals surface area contributed by atoms with Crippen LogP contribution >= 0.6 is 11.6 Å². The summed E-state index contributed by atoms with van der Waals surface area (Å²) in [6.07, 6.45) is -0.805. The van der Waals surface area contributed by atoms with Crippen molar-refractivity contribution >= 4 is 11.6 Å². The second kappa shape index (κ2) is 5.67. The third kappa shape index (κ3) is 3.48. The van der Waals surface area contributed by atoms with E-state index in [4.69, 9.17) is 11.6 Å². The Hall–Kier alpha value is -0.570. The van der Waals surface area contributed by atoms with E-state index in [0.29, 0.717) is 6.42 Å². The molecule has 0 radical (unpaired) electrons. The molecule has 0 saturated carbocycles. The maximum absolute atomic E-state index is 9.61. The molecule has 0 aliphatic carbocycles. The Labute approximate surface area is 102 Å². The first-order chi connectivity index (χ1) is 7.41. The fourth-order valence-corrected chi connectivity index (χ4v) is 1.79. The van der Waals surface area contributed by atoms with Gasteiger partial charge in [0.25, 0.3) is 0 Å². The molecule has 3 atom stereocenters. The molecule has 90 valence electrons. The Morgan fingerprint density at radius 3 is 2.38 bits per heavy atom. The number of hydrogen-bond donors (Lipinski definition) is 2. The van der Waals surface area contributed by atoms with E-state index in [9.17, 15) is 10.2 Å². The highest BCUT2D eigenvalue weighted by molar-refractivity contribution is 6.31. The standard InChI is InChI=1S/C13H19ClO2/c1-8(7-13(16)10(3)15)11-4-5-12(14)9(2)6-11/h4-6,8,10,13,15-16H,7H2,1-3H3. The number of aliphatic hydroxyl groups excluding tert-OH is 2. The van der Waals surface area contributed by atoms with Gasteiger partial charge in [0.05, 0.1) is 12.2 Å². The minimum atomic E-state index is -0.684. The van der Waals surface area contributed by atoms with E-state index in [1.165, 1.54) is 0 Å². The minimum Gasteiger partial charge on any atom is -0.391 e. The van der Waals surface area contributed by atoms with Crippen LogP contribution in [-0.2, 0) is 0 Å². The molecule has 2 N–H and O–H groups in total. The summed E-state index contributed by atoms with van der Waals surface area (Å²) in [6.45, 7) is 5.60. The van der Waals surface area contributed by atoms with Crippen molar-refractivity contribution in [2.45, 2.75) is 45.3 Å². The minimum absolute atomic E-state index is 0.209. The molecule has 0 spiro atoms. The Bertz CT molecular complexity index is 350. The quantitative estimate of drug-likeness (QED) is 0.853. The van der Waals surface area contributed by atoms with Gasteiger partial charge in [-0.2, -0.15) is 0 Å². The summed E-state index contributed by atoms with van der Waals surface area (Å²) in [4.78, 5) is 0. The molecule has 0 fully saturated rings. The number of rotatable bonds is 4. The first-order valence-corrected chi connectivity index (χ1v) is 5.91. The number of aryl methyl sites for hydroxylation is 1. The highest BCUT2D eigenvalue weighted by Gasteiger charge is 2.16. The van der Waals surface area contributed by atoms with Gasteiger partial charge in [0.2, 0.25) is 0 Å². The van der Waals surface area contributed by atoms with E-state index in [2.05, 4.69) is 0 Å². The summed E-state index contributed by atoms with van der Waals surface area (Å²) in [5.41, 5.74) is 2.18. The second-order valence-electron chi connectivity index (χ2n) is 4.45. The fourth-order valence-electron chi connectivity index (χ4n) is 1.67. The predicted octanol–water partition coefficient (Wildman–Crippen LogP) is 2.88. The van der Waals surface area contributed by atoms with Crippen molar-refractivity contribution in [2.24, 2.45) is 0 Å². The molecule has 0 heterocycles. The van der Waals surface area contributed by atoms with Crippen LogP contribution in [0.15, 0.2) is 18.2 Å². The fraction of sp³-hybridized carbons (Fsp3) is 0.538. The maximum atomic E-state index is 9.61. The van der Waals surface area contributed by atoms with Crippen LogP contribution in [0.25, 0.3) is 0 Å². The summed E-state index contributed by atoms with van der Waals surface area (Å²) >= 11 is 5.95. The van der Waals surface area contributed by atoms with Gasteiger partial charge in [0.15, 0.2) is 0 Å². The number of hydrogen-bond acceptors (Lipinski definition) is 2. The average Bonchev–Trinajstić information content (AvgIpc) is 2.21. The van der Waals surface area contributed by atoms with Gasteiger partial charge in [0, 0.05) is 5.02 Å². The molecule has 2 nitrogen and oxygen atoms in total. The SMILES string of the molecule is Cc1cc(C(C)CC(O)C(C)O)ccc1Cl. The van der Waals surface area contributed by atoms with Crippen molar-refractivity contribution in [1.29, 1.82) is 0 Å². The molecular weight excluding hydrogens is 224 g/mol. The van der Waals surface area contributed by atoms with Crippen LogP contribution in [-0.4, -0.2) is 22.4 Å². The molecule has 0 bridgehead atoms. The van der Waals surface area contributed by atoms with Crippen LogP contribution in [0, 0.1) is 6.92 Å². The van der Waals surface area contributed by atoms with Crippen molar-refractivity contribution in [3.8, 4) is 0 Å². The molecule has 3 unspecified atom stereocenters. The summed E-state index contributed by atoms with van der Waals surface area (Å²) in [7, 11) is 0. The average molecular weight is 243 g/mol. The third-order valence-corrected chi connectivity index (χ3v) is 3.33. The van der Waals surface area contributed by atoms with Gasteiger partial charge in [-0.1, -0.05) is 30.7 Å². The lowest BCUT2D eigenvalue weighted by molar-refractivity contribution is 0.0227. The van der Waals surface area contributed by atoms with Gasteiger partial charge in [-0.25, -0.2) is 0 Å². The van der Waals surface area contributed by atoms with Gasteiger partial charge in [0.1, 0.15) is 0 Å². The third-order valence-electron chi connectivity index (χ3n) is 2.90. The summed E-state index contributed by atoms with van der Waals surface area (Å²) in [5.74, 6) is 0.209. The van der Waals surface area contributed by atoms with Gasteiger partial charge < -0.3 is 10.2 Å². The number of benzene rings is 1. The zero-order valence-corrected chi connectivity index (χ0v) is 10.7. The molecule has 0 aliphatic heterocycles. The summed E-state index contributed by atoms with van der Waals surface area (Å²) < 4.78 is 0. The van der Waals surface area contributed by atoms with Crippen LogP contribution in [0.1, 0.15) is 37.3 Å². The summed E-state index contributed by atoms with van der Waals surface area (Å²) in [5, 5.41) is 19.6. The smallest absolute Gasteiger partial charge is 0.0802 e. The van der Waals surface area contributed by atoms with Crippen molar-refractivity contribution < 1.29 is 10.2 Å². The first kappa shape index (κ1) is 13.5. The zero-order chi connectivity index (χ0) is 12.3. The number of aliphatic hydroxyl groups is 2. The predicted molar refractivity (Wildman–Crippen MR) is 66.9 cm³/mol. The Morgan fingerprint density at radius 2 is 1.88 bits per heavy atom. The molecule has 16 heavy (non-hydrogen) atoms. The Balaban J connectivity index is 2.73. The molecular formula is C13H19ClO2. The van der Waals surface area contributed by atoms with Crippen LogP contribution in [0.5, 0.6) is 0 Å². The van der Waals surface area contributed by atoms with Crippen LogP contribution in [0.2, 0.25) is 5.02 Å². The van der Waals surface area contributed by atoms with Crippen LogP contribution < -0.4 is 0 Å². The molecule has 3 heteroatoms. The molecule has 1 aromatic carbocycles. The van der Waals surface area contributed by atoms with Crippen LogP contribution in [0.4, 0.5) is 0 Å². The maximum Gasteiger partial charge on any atom is 0.0802 e. The first-order valence-electron chi connectivity index (χ1n) is 5.54. The van der Waals surface area contributed by atoms with Gasteiger partial charge in [-0.3, -0.25) is 0 Å². The zero-order valence-electron chi connectivity index (χ0n) is 9.94. The van der Waals surface area contributed by atoms with E-state index >= 15 is 0 Å². The Morgan fingerprint density at radius 1 is 1.25 bits per heavy atom. The largest absolute Gasteiger partial charge is 0.391 e. The second-order valence-corrected chi connectivity index (χ2v) is 4.86. The number of halogens is 1. The lowest BCUT2D eigenvalue weighted by atomic mass is 9.92. The molecule has 1 rings (SSSR count). The highest BCUT2D eigenvalue weighted by Crippen LogP contribution is 2.25. The highest BCUT2D eigenvalue weighted by atomic mass is 35.5. The van der Waals surface area contributed by atoms with E-state index in [1.807, 2.05) is 32.0 Å². The van der Waals surface area contributed by atoms with Crippen molar-refractivity contribution in [3.05, 3.63) is 34.3 Å². The normalized spacial score (nSPS) is 16.9. The van der Waals surface area contributed by atoms with Gasteiger partial charge in [-0.15, -0.1) is 0 Å². The molecule has 0 amide bonds. The molecule has 0 saturated heterocycles. The topological polar surface area (TPSA) is 40.5 Å². The Kier molecular flexibility index (Phi) is 4.78. The molecule has 0 aromatic heterocycles. The van der Waals surface area contributed by atoms with Crippen molar-refractivity contribution in [2.75, 3.05) is 0 Å².